The molecule has 1 N–H and O–H groups in total. The minimum Gasteiger partial charge on any atom is -0.309 e. The third kappa shape index (κ3) is 1.34. The van der Waals surface area contributed by atoms with Crippen molar-refractivity contribution in [2.24, 2.45) is 11.0 Å². The van der Waals surface area contributed by atoms with Crippen LogP contribution in [0.25, 0.3) is 0 Å². The topological polar surface area (TPSA) is 24.4 Å². The molecule has 0 saturated carbocycles. The summed E-state index contributed by atoms with van der Waals surface area (Å²) >= 11 is 0. The van der Waals surface area contributed by atoms with E-state index in [4.69, 9.17) is 0 Å². The summed E-state index contributed by atoms with van der Waals surface area (Å²) in [6, 6.07) is 0. The molecule has 1 rings (SSSR count). The lowest BCUT2D eigenvalue weighted by atomic mass is 10.2. The molecule has 1 aliphatic heterocycles. The van der Waals surface area contributed by atoms with Gasteiger partial charge in [-0.25, -0.2) is 0 Å². The van der Waals surface area contributed by atoms with Crippen molar-refractivity contribution < 1.29 is 13.2 Å². The fourth-order valence-electron chi connectivity index (χ4n) is 0.547. The highest BCUT2D eigenvalue weighted by molar-refractivity contribution is 5.63. The molecule has 5 heteroatoms. The summed E-state index contributed by atoms with van der Waals surface area (Å²) in [6.45, 7) is -0.122. The molecule has 1 unspecified atom stereocenters. The number of hydrazone groups is 1. The monoisotopic (exact) mass is 138 g/mol. The molecule has 0 aromatic rings. The number of hydrogen-bond donors (Lipinski definition) is 1. The molecule has 9 heavy (non-hydrogen) atoms. The maximum absolute atomic E-state index is 11.6. The van der Waals surface area contributed by atoms with Gasteiger partial charge in [0.05, 0.1) is 0 Å². The van der Waals surface area contributed by atoms with Crippen LogP contribution >= 0.6 is 0 Å². The van der Waals surface area contributed by atoms with E-state index in [-0.39, 0.29) is 6.54 Å². The average Bonchev–Trinajstić information content (AvgIpc) is 2.08. The molecule has 0 bridgehead atoms. The second-order valence-electron chi connectivity index (χ2n) is 1.79. The zero-order valence-corrected chi connectivity index (χ0v) is 4.44. The second-order valence-corrected chi connectivity index (χ2v) is 1.79. The molecule has 1 aliphatic rings. The Morgan fingerprint density at radius 1 is 1.56 bits per heavy atom. The predicted molar refractivity (Wildman–Crippen MR) is 26.0 cm³/mol. The fourth-order valence-corrected chi connectivity index (χ4v) is 0.547. The number of nitrogens with zero attached hydrogens (tertiary/aromatic N) is 1. The first-order valence-electron chi connectivity index (χ1n) is 2.43. The maximum Gasteiger partial charge on any atom is 0.398 e. The number of halogens is 3. The number of nitrogens with one attached hydrogen (secondary N) is 1. The molecule has 0 aromatic heterocycles. The highest BCUT2D eigenvalue weighted by Crippen LogP contribution is 2.25. The van der Waals surface area contributed by atoms with E-state index >= 15 is 0 Å². The SMILES string of the molecule is FC(F)(F)C1C=NNC1. The van der Waals surface area contributed by atoms with Crippen LogP contribution in [0.4, 0.5) is 13.2 Å². The van der Waals surface area contributed by atoms with Gasteiger partial charge in [0, 0.05) is 12.8 Å². The van der Waals surface area contributed by atoms with Gasteiger partial charge in [0.15, 0.2) is 0 Å². The molecule has 0 aromatic carbocycles. The van der Waals surface area contributed by atoms with Crippen molar-refractivity contribution in [1.82, 2.24) is 5.43 Å². The van der Waals surface area contributed by atoms with Crippen LogP contribution < -0.4 is 5.43 Å². The summed E-state index contributed by atoms with van der Waals surface area (Å²) in [5, 5.41) is 3.24. The van der Waals surface area contributed by atoms with Crippen LogP contribution in [0, 0.1) is 5.92 Å². The van der Waals surface area contributed by atoms with Gasteiger partial charge in [0.25, 0.3) is 0 Å². The van der Waals surface area contributed by atoms with Gasteiger partial charge in [-0.05, 0) is 0 Å². The Labute approximate surface area is 49.7 Å². The van der Waals surface area contributed by atoms with E-state index in [1.807, 2.05) is 0 Å². The molecule has 0 radical (unpaired) electrons. The summed E-state index contributed by atoms with van der Waals surface area (Å²) < 4.78 is 34.9. The van der Waals surface area contributed by atoms with E-state index < -0.39 is 12.1 Å². The first kappa shape index (κ1) is 6.38. The minimum absolute atomic E-state index is 0.122. The summed E-state index contributed by atoms with van der Waals surface area (Å²) in [5.74, 6) is -1.39. The minimum atomic E-state index is -4.13. The van der Waals surface area contributed by atoms with E-state index in [1.165, 1.54) is 0 Å². The van der Waals surface area contributed by atoms with Crippen LogP contribution in [0.15, 0.2) is 5.10 Å². The molecule has 2 nitrogen and oxygen atoms in total. The summed E-state index contributed by atoms with van der Waals surface area (Å²) in [5.41, 5.74) is 2.23. The lowest BCUT2D eigenvalue weighted by Gasteiger charge is -2.08. The quantitative estimate of drug-likeness (QED) is 0.525. The second kappa shape index (κ2) is 1.89. The smallest absolute Gasteiger partial charge is 0.309 e. The molecule has 1 atom stereocenters. The Kier molecular flexibility index (Phi) is 1.34. The third-order valence-electron chi connectivity index (χ3n) is 1.08. The van der Waals surface area contributed by atoms with Crippen LogP contribution in [0.2, 0.25) is 0 Å². The zero-order valence-electron chi connectivity index (χ0n) is 4.44. The average molecular weight is 138 g/mol. The van der Waals surface area contributed by atoms with Crippen molar-refractivity contribution >= 4 is 6.21 Å². The summed E-state index contributed by atoms with van der Waals surface area (Å²) in [6.07, 6.45) is -3.26. The molecule has 0 amide bonds. The van der Waals surface area contributed by atoms with Crippen molar-refractivity contribution in [1.29, 1.82) is 0 Å². The Hall–Kier alpha value is -0.740. The van der Waals surface area contributed by atoms with Gasteiger partial charge in [-0.2, -0.15) is 18.3 Å². The van der Waals surface area contributed by atoms with Gasteiger partial charge in [-0.1, -0.05) is 0 Å². The van der Waals surface area contributed by atoms with Crippen LogP contribution in [-0.4, -0.2) is 18.9 Å². The maximum atomic E-state index is 11.6. The Bertz CT molecular complexity index is 128. The van der Waals surface area contributed by atoms with Crippen molar-refractivity contribution in [3.8, 4) is 0 Å². The summed E-state index contributed by atoms with van der Waals surface area (Å²) in [4.78, 5) is 0. The molecule has 0 saturated heterocycles. The Balaban J connectivity index is 2.53. The van der Waals surface area contributed by atoms with Crippen LogP contribution in [0.1, 0.15) is 0 Å². The fraction of sp³-hybridized carbons (Fsp3) is 0.750. The zero-order chi connectivity index (χ0) is 6.91. The van der Waals surface area contributed by atoms with E-state index in [0.717, 1.165) is 6.21 Å². The van der Waals surface area contributed by atoms with Gasteiger partial charge in [-0.3, -0.25) is 0 Å². The molecular weight excluding hydrogens is 133 g/mol. The molecule has 1 heterocycles. The first-order chi connectivity index (χ1) is 4.11. The van der Waals surface area contributed by atoms with Crippen molar-refractivity contribution in [2.45, 2.75) is 6.18 Å². The highest BCUT2D eigenvalue weighted by Gasteiger charge is 2.39. The van der Waals surface area contributed by atoms with Gasteiger partial charge in [-0.15, -0.1) is 0 Å². The van der Waals surface area contributed by atoms with Gasteiger partial charge in [0.1, 0.15) is 5.92 Å². The highest BCUT2D eigenvalue weighted by atomic mass is 19.4. The number of rotatable bonds is 0. The van der Waals surface area contributed by atoms with Gasteiger partial charge < -0.3 is 5.43 Å². The Morgan fingerprint density at radius 2 is 2.22 bits per heavy atom. The summed E-state index contributed by atoms with van der Waals surface area (Å²) in [7, 11) is 0. The van der Waals surface area contributed by atoms with E-state index in [0.29, 0.717) is 0 Å². The lowest BCUT2D eigenvalue weighted by Crippen LogP contribution is -2.27. The van der Waals surface area contributed by atoms with Crippen molar-refractivity contribution in [2.75, 3.05) is 6.54 Å². The first-order valence-corrected chi connectivity index (χ1v) is 2.43. The largest absolute Gasteiger partial charge is 0.398 e. The lowest BCUT2D eigenvalue weighted by molar-refractivity contribution is -0.151. The van der Waals surface area contributed by atoms with Gasteiger partial charge >= 0.3 is 6.18 Å². The molecule has 0 fully saturated rings. The van der Waals surface area contributed by atoms with E-state index in [9.17, 15) is 13.2 Å². The van der Waals surface area contributed by atoms with Gasteiger partial charge in [0.2, 0.25) is 0 Å². The molecule has 0 aliphatic carbocycles. The number of alkyl halides is 3. The molecule has 52 valence electrons. The normalized spacial score (nSPS) is 26.3. The van der Waals surface area contributed by atoms with E-state index in [2.05, 4.69) is 10.5 Å². The predicted octanol–water partition coefficient (Wildman–Crippen LogP) is 0.754. The molecular formula is C4H5F3N2. The van der Waals surface area contributed by atoms with Crippen LogP contribution in [0.3, 0.4) is 0 Å². The van der Waals surface area contributed by atoms with Crippen LogP contribution in [0.5, 0.6) is 0 Å². The Morgan fingerprint density at radius 3 is 2.44 bits per heavy atom. The van der Waals surface area contributed by atoms with Crippen LogP contribution in [-0.2, 0) is 0 Å². The standard InChI is InChI=1S/C4H5F3N2/c5-4(6,7)3-1-8-9-2-3/h1,3,9H,2H2. The number of hydrogen-bond acceptors (Lipinski definition) is 2. The van der Waals surface area contributed by atoms with E-state index in [1.54, 1.807) is 0 Å². The van der Waals surface area contributed by atoms with Crippen molar-refractivity contribution in [3.05, 3.63) is 0 Å². The van der Waals surface area contributed by atoms with Crippen molar-refractivity contribution in [3.63, 3.8) is 0 Å². The molecule has 0 spiro atoms. The third-order valence-corrected chi connectivity index (χ3v) is 1.08.